The van der Waals surface area contributed by atoms with Crippen LogP contribution in [0.2, 0.25) is 0 Å². The average molecular weight is 369 g/mol. The zero-order valence-electron chi connectivity index (χ0n) is 17.9. The molecule has 1 amide bonds. The van der Waals surface area contributed by atoms with Gasteiger partial charge < -0.3 is 9.47 Å². The fourth-order valence-electron chi connectivity index (χ4n) is 3.79. The monoisotopic (exact) mass is 368 g/mol. The van der Waals surface area contributed by atoms with E-state index >= 15 is 0 Å². The molecule has 0 aliphatic carbocycles. The van der Waals surface area contributed by atoms with E-state index in [9.17, 15) is 4.79 Å². The number of rotatable bonds is 8. The van der Waals surface area contributed by atoms with Crippen LogP contribution in [0.25, 0.3) is 0 Å². The highest BCUT2D eigenvalue weighted by molar-refractivity contribution is 5.76. The number of aromatic nitrogens is 1. The molecule has 0 saturated heterocycles. The summed E-state index contributed by atoms with van der Waals surface area (Å²) in [5.41, 5.74) is 2.72. The molecular formula is C24H36N2O. The van der Waals surface area contributed by atoms with E-state index in [0.29, 0.717) is 18.9 Å². The standard InChI is InChI=1S/C24H36N2O/c1-19(2)26(23(27)15-20(3)16-24(4,5)6)18-22-13-10-14-25(22)17-21-11-8-7-9-12-21/h7-14,19-20H,15-18H2,1-6H3. The predicted molar refractivity (Wildman–Crippen MR) is 114 cm³/mol. The van der Waals surface area contributed by atoms with Gasteiger partial charge in [0.05, 0.1) is 6.54 Å². The van der Waals surface area contributed by atoms with Crippen molar-refractivity contribution in [3.05, 3.63) is 59.9 Å². The molecule has 0 saturated carbocycles. The summed E-state index contributed by atoms with van der Waals surface area (Å²) in [6, 6.07) is 14.9. The minimum atomic E-state index is 0.194. The lowest BCUT2D eigenvalue weighted by Crippen LogP contribution is -2.38. The number of carbonyl (C=O) groups excluding carboxylic acids is 1. The van der Waals surface area contributed by atoms with Crippen LogP contribution in [0, 0.1) is 11.3 Å². The lowest BCUT2D eigenvalue weighted by molar-refractivity contribution is -0.134. The van der Waals surface area contributed by atoms with Gasteiger partial charge in [-0.15, -0.1) is 0 Å². The second kappa shape index (κ2) is 9.25. The third-order valence-corrected chi connectivity index (χ3v) is 4.88. The highest BCUT2D eigenvalue weighted by atomic mass is 16.2. The van der Waals surface area contributed by atoms with Crippen LogP contribution in [0.3, 0.4) is 0 Å². The lowest BCUT2D eigenvalue weighted by Gasteiger charge is -2.30. The van der Waals surface area contributed by atoms with Gasteiger partial charge in [-0.2, -0.15) is 0 Å². The Labute approximate surface area is 165 Å². The van der Waals surface area contributed by atoms with Crippen LogP contribution >= 0.6 is 0 Å². The van der Waals surface area contributed by atoms with E-state index in [1.165, 1.54) is 11.3 Å². The van der Waals surface area contributed by atoms with E-state index in [1.54, 1.807) is 0 Å². The molecule has 1 heterocycles. The molecule has 2 rings (SSSR count). The normalized spacial score (nSPS) is 13.0. The van der Waals surface area contributed by atoms with Crippen molar-refractivity contribution in [2.75, 3.05) is 0 Å². The summed E-state index contributed by atoms with van der Waals surface area (Å²) in [7, 11) is 0. The van der Waals surface area contributed by atoms with Crippen molar-refractivity contribution in [3.8, 4) is 0 Å². The maximum atomic E-state index is 13.0. The molecule has 0 bridgehead atoms. The quantitative estimate of drug-likeness (QED) is 0.583. The summed E-state index contributed by atoms with van der Waals surface area (Å²) >= 11 is 0. The number of nitrogens with zero attached hydrogens (tertiary/aromatic N) is 2. The molecule has 3 nitrogen and oxygen atoms in total. The van der Waals surface area contributed by atoms with Gasteiger partial charge in [0.25, 0.3) is 0 Å². The first kappa shape index (κ1) is 21.3. The smallest absolute Gasteiger partial charge is 0.223 e. The van der Waals surface area contributed by atoms with Crippen molar-refractivity contribution >= 4 is 5.91 Å². The van der Waals surface area contributed by atoms with Crippen LogP contribution in [0.5, 0.6) is 0 Å². The number of amides is 1. The minimum absolute atomic E-state index is 0.194. The molecule has 3 heteroatoms. The van der Waals surface area contributed by atoms with Crippen molar-refractivity contribution in [2.45, 2.75) is 73.5 Å². The largest absolute Gasteiger partial charge is 0.345 e. The van der Waals surface area contributed by atoms with E-state index < -0.39 is 0 Å². The summed E-state index contributed by atoms with van der Waals surface area (Å²) in [4.78, 5) is 15.0. The van der Waals surface area contributed by atoms with Gasteiger partial charge in [0, 0.05) is 30.9 Å². The van der Waals surface area contributed by atoms with E-state index in [4.69, 9.17) is 0 Å². The summed E-state index contributed by atoms with van der Waals surface area (Å²) in [5, 5.41) is 0. The number of hydrogen-bond donors (Lipinski definition) is 0. The van der Waals surface area contributed by atoms with Crippen molar-refractivity contribution in [1.82, 2.24) is 9.47 Å². The van der Waals surface area contributed by atoms with Gasteiger partial charge in [0.1, 0.15) is 0 Å². The number of benzene rings is 1. The van der Waals surface area contributed by atoms with Gasteiger partial charge >= 0.3 is 0 Å². The Kier molecular flexibility index (Phi) is 7.29. The molecule has 0 fully saturated rings. The SMILES string of the molecule is CC(CC(=O)N(Cc1cccn1Cc1ccccc1)C(C)C)CC(C)(C)C. The molecule has 0 aliphatic heterocycles. The first-order valence-corrected chi connectivity index (χ1v) is 10.1. The van der Waals surface area contributed by atoms with E-state index in [-0.39, 0.29) is 17.4 Å². The highest BCUT2D eigenvalue weighted by Crippen LogP contribution is 2.27. The number of hydrogen-bond acceptors (Lipinski definition) is 1. The molecule has 1 atom stereocenters. The molecule has 0 radical (unpaired) electrons. The van der Waals surface area contributed by atoms with Crippen LogP contribution in [-0.2, 0) is 17.9 Å². The Morgan fingerprint density at radius 1 is 1.04 bits per heavy atom. The molecule has 1 aromatic carbocycles. The maximum absolute atomic E-state index is 13.0. The minimum Gasteiger partial charge on any atom is -0.345 e. The molecular weight excluding hydrogens is 332 g/mol. The van der Waals surface area contributed by atoms with Crippen molar-refractivity contribution in [2.24, 2.45) is 11.3 Å². The van der Waals surface area contributed by atoms with E-state index in [0.717, 1.165) is 13.0 Å². The van der Waals surface area contributed by atoms with Crippen LogP contribution in [0.1, 0.15) is 65.6 Å². The third kappa shape index (κ3) is 6.89. The summed E-state index contributed by atoms with van der Waals surface area (Å²) in [6.07, 6.45) is 3.79. The zero-order valence-corrected chi connectivity index (χ0v) is 17.9. The fraction of sp³-hybridized carbons (Fsp3) is 0.542. The van der Waals surface area contributed by atoms with Gasteiger partial charge in [0.15, 0.2) is 0 Å². The average Bonchev–Trinajstić information content (AvgIpc) is 2.98. The second-order valence-electron chi connectivity index (χ2n) is 9.30. The number of carbonyl (C=O) groups is 1. The van der Waals surface area contributed by atoms with Crippen molar-refractivity contribution in [3.63, 3.8) is 0 Å². The third-order valence-electron chi connectivity index (χ3n) is 4.88. The second-order valence-corrected chi connectivity index (χ2v) is 9.30. The van der Waals surface area contributed by atoms with Crippen molar-refractivity contribution < 1.29 is 4.79 Å². The molecule has 0 aliphatic rings. The predicted octanol–water partition coefficient (Wildman–Crippen LogP) is 5.74. The molecule has 0 spiro atoms. The van der Waals surface area contributed by atoms with Crippen LogP contribution < -0.4 is 0 Å². The fourth-order valence-corrected chi connectivity index (χ4v) is 3.79. The Hall–Kier alpha value is -2.03. The Morgan fingerprint density at radius 3 is 2.30 bits per heavy atom. The Balaban J connectivity index is 2.06. The van der Waals surface area contributed by atoms with Crippen molar-refractivity contribution in [1.29, 1.82) is 0 Å². The molecule has 1 unspecified atom stereocenters. The van der Waals surface area contributed by atoms with Gasteiger partial charge in [-0.1, -0.05) is 58.0 Å². The first-order chi connectivity index (χ1) is 12.7. The van der Waals surface area contributed by atoms with Gasteiger partial charge in [-0.3, -0.25) is 4.79 Å². The highest BCUT2D eigenvalue weighted by Gasteiger charge is 2.23. The lowest BCUT2D eigenvalue weighted by atomic mass is 9.84. The summed E-state index contributed by atoms with van der Waals surface area (Å²) in [6.45, 7) is 14.6. The van der Waals surface area contributed by atoms with Crippen LogP contribution in [-0.4, -0.2) is 21.4 Å². The first-order valence-electron chi connectivity index (χ1n) is 10.1. The Bertz CT molecular complexity index is 709. The summed E-state index contributed by atoms with van der Waals surface area (Å²) < 4.78 is 2.25. The van der Waals surface area contributed by atoms with Gasteiger partial charge in [-0.05, 0) is 49.3 Å². The topological polar surface area (TPSA) is 25.2 Å². The zero-order chi connectivity index (χ0) is 20.0. The molecule has 1 aromatic heterocycles. The molecule has 27 heavy (non-hydrogen) atoms. The molecule has 2 aromatic rings. The van der Waals surface area contributed by atoms with Gasteiger partial charge in [-0.25, -0.2) is 0 Å². The Morgan fingerprint density at radius 2 is 1.70 bits per heavy atom. The van der Waals surface area contributed by atoms with Crippen LogP contribution in [0.4, 0.5) is 0 Å². The van der Waals surface area contributed by atoms with Crippen LogP contribution in [0.15, 0.2) is 48.7 Å². The molecule has 148 valence electrons. The van der Waals surface area contributed by atoms with Gasteiger partial charge in [0.2, 0.25) is 5.91 Å². The maximum Gasteiger partial charge on any atom is 0.223 e. The van der Waals surface area contributed by atoms with E-state index in [1.807, 2.05) is 11.0 Å². The van der Waals surface area contributed by atoms with E-state index in [2.05, 4.69) is 88.7 Å². The summed E-state index contributed by atoms with van der Waals surface area (Å²) in [5.74, 6) is 0.657. The molecule has 0 N–H and O–H groups in total.